The number of nitrogens with zero attached hydrogens (tertiary/aromatic N) is 2. The Bertz CT molecular complexity index is 591. The molecule has 114 valence electrons. The molecule has 2 fully saturated rings. The third-order valence-electron chi connectivity index (χ3n) is 3.35. The minimum absolute atomic E-state index is 0.0488. The summed E-state index contributed by atoms with van der Waals surface area (Å²) in [5, 5.41) is 0. The van der Waals surface area contributed by atoms with Crippen LogP contribution in [-0.2, 0) is 22.7 Å². The molecule has 2 amide bonds. The first-order chi connectivity index (χ1) is 10.5. The summed E-state index contributed by atoms with van der Waals surface area (Å²) in [4.78, 5) is 26.8. The zero-order valence-corrected chi connectivity index (χ0v) is 14.7. The molecule has 3 rings (SSSR count). The Labute approximate surface area is 147 Å². The van der Waals surface area contributed by atoms with Gasteiger partial charge in [-0.3, -0.25) is 19.4 Å². The highest BCUT2D eigenvalue weighted by Crippen LogP contribution is 2.24. The monoisotopic (exact) mass is 368 g/mol. The van der Waals surface area contributed by atoms with E-state index >= 15 is 0 Å². The second-order valence-corrected chi connectivity index (χ2v) is 8.11. The van der Waals surface area contributed by atoms with Gasteiger partial charge in [-0.15, -0.1) is 0 Å². The second kappa shape index (κ2) is 6.66. The lowest BCUT2D eigenvalue weighted by Gasteiger charge is -2.17. The lowest BCUT2D eigenvalue weighted by Crippen LogP contribution is -2.29. The van der Waals surface area contributed by atoms with E-state index in [4.69, 9.17) is 24.4 Å². The van der Waals surface area contributed by atoms with Crippen LogP contribution in [-0.4, -0.2) is 41.8 Å². The zero-order valence-electron chi connectivity index (χ0n) is 11.5. The largest absolute Gasteiger partial charge is 0.293 e. The lowest BCUT2D eigenvalue weighted by molar-refractivity contribution is -0.125. The summed E-state index contributed by atoms with van der Waals surface area (Å²) in [6.07, 6.45) is 0. The van der Waals surface area contributed by atoms with E-state index in [1.54, 1.807) is 9.80 Å². The fourth-order valence-corrected chi connectivity index (χ4v) is 4.40. The van der Waals surface area contributed by atoms with Gasteiger partial charge in [0.25, 0.3) is 0 Å². The maximum atomic E-state index is 11.8. The molecule has 2 aliphatic heterocycles. The Morgan fingerprint density at radius 1 is 0.909 bits per heavy atom. The molecular weight excluding hydrogens is 356 g/mol. The Morgan fingerprint density at radius 3 is 1.73 bits per heavy atom. The van der Waals surface area contributed by atoms with E-state index < -0.39 is 0 Å². The molecule has 0 aromatic heterocycles. The van der Waals surface area contributed by atoms with Crippen LogP contribution in [0.4, 0.5) is 0 Å². The molecule has 2 heterocycles. The summed E-state index contributed by atoms with van der Waals surface area (Å²) >= 11 is 13.2. The van der Waals surface area contributed by atoms with Gasteiger partial charge in [0, 0.05) is 0 Å². The molecule has 0 bridgehead atoms. The van der Waals surface area contributed by atoms with Gasteiger partial charge in [-0.05, 0) is 11.1 Å². The van der Waals surface area contributed by atoms with Crippen LogP contribution in [0, 0.1) is 0 Å². The fraction of sp³-hybridized carbons (Fsp3) is 0.286. The molecule has 0 N–H and O–H groups in total. The highest BCUT2D eigenvalue weighted by Gasteiger charge is 2.28. The van der Waals surface area contributed by atoms with Crippen molar-refractivity contribution in [2.45, 2.75) is 13.1 Å². The first kappa shape index (κ1) is 15.9. The van der Waals surface area contributed by atoms with Crippen molar-refractivity contribution in [3.05, 3.63) is 35.4 Å². The van der Waals surface area contributed by atoms with Crippen molar-refractivity contribution in [2.75, 3.05) is 11.5 Å². The topological polar surface area (TPSA) is 40.6 Å². The predicted molar refractivity (Wildman–Crippen MR) is 97.7 cm³/mol. The van der Waals surface area contributed by atoms with E-state index in [1.807, 2.05) is 24.3 Å². The van der Waals surface area contributed by atoms with Gasteiger partial charge in [-0.25, -0.2) is 0 Å². The molecule has 1 aromatic carbocycles. The van der Waals surface area contributed by atoms with Crippen molar-refractivity contribution in [1.82, 2.24) is 9.80 Å². The van der Waals surface area contributed by atoms with Crippen molar-refractivity contribution in [3.8, 4) is 0 Å². The van der Waals surface area contributed by atoms with Crippen LogP contribution >= 0.6 is 48.0 Å². The quantitative estimate of drug-likeness (QED) is 0.760. The first-order valence-electron chi connectivity index (χ1n) is 6.56. The molecule has 0 saturated carbocycles. The lowest BCUT2D eigenvalue weighted by atomic mass is 10.1. The molecular formula is C14H12N2O2S4. The van der Waals surface area contributed by atoms with Crippen LogP contribution in [0.5, 0.6) is 0 Å². The average Bonchev–Trinajstić information content (AvgIpc) is 2.98. The van der Waals surface area contributed by atoms with Crippen LogP contribution in [0.2, 0.25) is 0 Å². The molecule has 8 heteroatoms. The van der Waals surface area contributed by atoms with Gasteiger partial charge in [0.05, 0.1) is 24.6 Å². The minimum atomic E-state index is 0.0488. The summed E-state index contributed by atoms with van der Waals surface area (Å²) in [5.41, 5.74) is 2.00. The van der Waals surface area contributed by atoms with Crippen molar-refractivity contribution in [1.29, 1.82) is 0 Å². The summed E-state index contributed by atoms with van der Waals surface area (Å²) < 4.78 is 1.26. The second-order valence-electron chi connectivity index (χ2n) is 4.89. The van der Waals surface area contributed by atoms with Gasteiger partial charge in [0.1, 0.15) is 8.64 Å². The SMILES string of the molecule is O=C1CSC(=S)N1Cc1cccc(CN2C(=O)CSC2=S)c1. The van der Waals surface area contributed by atoms with E-state index in [9.17, 15) is 9.59 Å². The number of carbonyl (C=O) groups is 2. The Hall–Kier alpha value is -0.960. The zero-order chi connectivity index (χ0) is 15.7. The maximum Gasteiger partial charge on any atom is 0.238 e. The molecule has 2 aliphatic rings. The number of thioether (sulfide) groups is 2. The van der Waals surface area contributed by atoms with Crippen molar-refractivity contribution in [2.24, 2.45) is 0 Å². The molecule has 0 unspecified atom stereocenters. The Morgan fingerprint density at radius 2 is 1.36 bits per heavy atom. The highest BCUT2D eigenvalue weighted by atomic mass is 32.2. The van der Waals surface area contributed by atoms with Gasteiger partial charge in [0.15, 0.2) is 0 Å². The first-order valence-corrected chi connectivity index (χ1v) is 9.35. The van der Waals surface area contributed by atoms with Gasteiger partial charge in [-0.1, -0.05) is 72.2 Å². The highest BCUT2D eigenvalue weighted by molar-refractivity contribution is 8.24. The number of amides is 2. The van der Waals surface area contributed by atoms with E-state index in [2.05, 4.69) is 0 Å². The molecule has 0 spiro atoms. The standard InChI is InChI=1S/C14H12N2O2S4/c17-11-7-21-13(19)15(11)5-9-2-1-3-10(4-9)6-16-12(18)8-22-14(16)20/h1-4H,5-8H2. The molecule has 1 aromatic rings. The summed E-state index contributed by atoms with van der Waals surface area (Å²) in [6.45, 7) is 0.956. The van der Waals surface area contributed by atoms with Gasteiger partial charge in [0.2, 0.25) is 11.8 Å². The maximum absolute atomic E-state index is 11.8. The molecule has 4 nitrogen and oxygen atoms in total. The smallest absolute Gasteiger partial charge is 0.238 e. The van der Waals surface area contributed by atoms with Gasteiger partial charge < -0.3 is 0 Å². The number of benzene rings is 1. The van der Waals surface area contributed by atoms with E-state index in [-0.39, 0.29) is 11.8 Å². The third-order valence-corrected chi connectivity index (χ3v) is 6.22. The summed E-state index contributed by atoms with van der Waals surface area (Å²) in [6, 6.07) is 7.85. The van der Waals surface area contributed by atoms with E-state index in [0.29, 0.717) is 33.2 Å². The van der Waals surface area contributed by atoms with E-state index in [1.165, 1.54) is 23.5 Å². The summed E-state index contributed by atoms with van der Waals surface area (Å²) in [7, 11) is 0. The van der Waals surface area contributed by atoms with Crippen LogP contribution < -0.4 is 0 Å². The third kappa shape index (κ3) is 3.34. The normalized spacial score (nSPS) is 18.7. The molecule has 2 saturated heterocycles. The number of hydrogen-bond donors (Lipinski definition) is 0. The Kier molecular flexibility index (Phi) is 4.82. The van der Waals surface area contributed by atoms with Gasteiger partial charge >= 0.3 is 0 Å². The van der Waals surface area contributed by atoms with Crippen molar-refractivity contribution >= 4 is 68.4 Å². The molecule has 0 atom stereocenters. The molecule has 0 radical (unpaired) electrons. The molecule has 22 heavy (non-hydrogen) atoms. The number of hydrogen-bond acceptors (Lipinski definition) is 6. The number of thiocarbonyl (C=S) groups is 2. The van der Waals surface area contributed by atoms with Crippen molar-refractivity contribution in [3.63, 3.8) is 0 Å². The van der Waals surface area contributed by atoms with Crippen LogP contribution in [0.1, 0.15) is 11.1 Å². The van der Waals surface area contributed by atoms with Crippen LogP contribution in [0.3, 0.4) is 0 Å². The van der Waals surface area contributed by atoms with Crippen molar-refractivity contribution < 1.29 is 9.59 Å². The molecule has 0 aliphatic carbocycles. The minimum Gasteiger partial charge on any atom is -0.293 e. The summed E-state index contributed by atoms with van der Waals surface area (Å²) in [5.74, 6) is 0.943. The number of carbonyl (C=O) groups excluding carboxylic acids is 2. The number of rotatable bonds is 4. The van der Waals surface area contributed by atoms with Crippen LogP contribution in [0.25, 0.3) is 0 Å². The Balaban J connectivity index is 1.72. The predicted octanol–water partition coefficient (Wildman–Crippen LogP) is 2.41. The average molecular weight is 369 g/mol. The van der Waals surface area contributed by atoms with Crippen LogP contribution in [0.15, 0.2) is 24.3 Å². The van der Waals surface area contributed by atoms with E-state index in [0.717, 1.165) is 11.1 Å². The van der Waals surface area contributed by atoms with Gasteiger partial charge in [-0.2, -0.15) is 0 Å². The fourth-order valence-electron chi connectivity index (χ4n) is 2.26.